The highest BCUT2D eigenvalue weighted by molar-refractivity contribution is 8.26. The maximum Gasteiger partial charge on any atom is 0.266 e. The molecule has 21 heavy (non-hydrogen) atoms. The molecular weight excluding hydrogens is 332 g/mol. The van der Waals surface area contributed by atoms with Gasteiger partial charge in [0.1, 0.15) is 4.32 Å². The fourth-order valence-corrected chi connectivity index (χ4v) is 3.28. The SMILES string of the molecule is Cl.NCCN1C(=O)/C(=C\c2ccc3c(c2)OCO3)SC1=S. The van der Waals surface area contributed by atoms with E-state index < -0.39 is 0 Å². The molecule has 2 aliphatic heterocycles. The van der Waals surface area contributed by atoms with Crippen molar-refractivity contribution in [3.63, 3.8) is 0 Å². The zero-order chi connectivity index (χ0) is 14.1. The lowest BCUT2D eigenvalue weighted by atomic mass is 10.2. The van der Waals surface area contributed by atoms with Crippen LogP contribution in [0.5, 0.6) is 11.5 Å². The maximum atomic E-state index is 12.2. The Balaban J connectivity index is 0.00000161. The Labute approximate surface area is 137 Å². The third kappa shape index (κ3) is 3.16. The second-order valence-electron chi connectivity index (χ2n) is 4.23. The molecule has 0 aromatic heterocycles. The van der Waals surface area contributed by atoms with Crippen molar-refractivity contribution in [2.24, 2.45) is 5.73 Å². The summed E-state index contributed by atoms with van der Waals surface area (Å²) in [5.41, 5.74) is 6.36. The van der Waals surface area contributed by atoms with Crippen molar-refractivity contribution in [3.05, 3.63) is 28.7 Å². The predicted octanol–water partition coefficient (Wildman–Crippen LogP) is 2.00. The Hall–Kier alpha value is -1.28. The van der Waals surface area contributed by atoms with Crippen molar-refractivity contribution in [1.82, 2.24) is 4.90 Å². The van der Waals surface area contributed by atoms with Gasteiger partial charge in [0.25, 0.3) is 5.91 Å². The smallest absolute Gasteiger partial charge is 0.266 e. The van der Waals surface area contributed by atoms with Crippen LogP contribution in [0.25, 0.3) is 6.08 Å². The number of rotatable bonds is 3. The van der Waals surface area contributed by atoms with Gasteiger partial charge in [0, 0.05) is 13.1 Å². The molecule has 8 heteroatoms. The number of nitrogens with two attached hydrogens (primary N) is 1. The predicted molar refractivity (Wildman–Crippen MR) is 88.7 cm³/mol. The van der Waals surface area contributed by atoms with Crippen LogP contribution in [0.15, 0.2) is 23.1 Å². The fraction of sp³-hybridized carbons (Fsp3) is 0.231. The van der Waals surface area contributed by atoms with E-state index >= 15 is 0 Å². The molecule has 112 valence electrons. The number of nitrogens with zero attached hydrogens (tertiary/aromatic N) is 1. The fourth-order valence-electron chi connectivity index (χ4n) is 1.98. The summed E-state index contributed by atoms with van der Waals surface area (Å²) >= 11 is 6.47. The average Bonchev–Trinajstić information content (AvgIpc) is 2.99. The molecular formula is C13H13ClN2O3S2. The first kappa shape index (κ1) is 16.1. The van der Waals surface area contributed by atoms with E-state index in [2.05, 4.69) is 0 Å². The average molecular weight is 345 g/mol. The van der Waals surface area contributed by atoms with Gasteiger partial charge in [0.2, 0.25) is 6.79 Å². The number of hydrogen-bond acceptors (Lipinski definition) is 6. The summed E-state index contributed by atoms with van der Waals surface area (Å²) < 4.78 is 11.1. The van der Waals surface area contributed by atoms with Crippen LogP contribution >= 0.6 is 36.4 Å². The van der Waals surface area contributed by atoms with Crippen LogP contribution in [0.4, 0.5) is 0 Å². The Kier molecular flexibility index (Phi) is 5.10. The van der Waals surface area contributed by atoms with Gasteiger partial charge in [0.05, 0.1) is 4.91 Å². The highest BCUT2D eigenvalue weighted by atomic mass is 35.5. The number of fused-ring (bicyclic) bond motifs is 1. The number of benzene rings is 1. The molecule has 0 bridgehead atoms. The van der Waals surface area contributed by atoms with Gasteiger partial charge in [-0.2, -0.15) is 0 Å². The van der Waals surface area contributed by atoms with Crippen molar-refractivity contribution in [2.75, 3.05) is 19.9 Å². The molecule has 1 aromatic rings. The summed E-state index contributed by atoms with van der Waals surface area (Å²) in [6, 6.07) is 5.55. The van der Waals surface area contributed by atoms with E-state index in [0.717, 1.165) is 11.3 Å². The van der Waals surface area contributed by atoms with E-state index in [4.69, 9.17) is 27.4 Å². The molecule has 0 atom stereocenters. The van der Waals surface area contributed by atoms with Gasteiger partial charge < -0.3 is 15.2 Å². The van der Waals surface area contributed by atoms with Gasteiger partial charge in [-0.25, -0.2) is 0 Å². The molecule has 2 N–H and O–H groups in total. The highest BCUT2D eigenvalue weighted by Crippen LogP contribution is 2.36. The summed E-state index contributed by atoms with van der Waals surface area (Å²) in [7, 11) is 0. The van der Waals surface area contributed by atoms with E-state index in [-0.39, 0.29) is 25.1 Å². The summed E-state index contributed by atoms with van der Waals surface area (Å²) in [5.74, 6) is 1.32. The minimum absolute atomic E-state index is 0. The first-order chi connectivity index (χ1) is 9.69. The molecule has 0 radical (unpaired) electrons. The van der Waals surface area contributed by atoms with E-state index in [0.29, 0.717) is 28.1 Å². The molecule has 0 saturated carbocycles. The lowest BCUT2D eigenvalue weighted by Crippen LogP contribution is -2.32. The summed E-state index contributed by atoms with van der Waals surface area (Å²) in [6.07, 6.45) is 1.80. The first-order valence-corrected chi connectivity index (χ1v) is 7.26. The molecule has 3 rings (SSSR count). The van der Waals surface area contributed by atoms with Crippen LogP contribution in [-0.2, 0) is 4.79 Å². The van der Waals surface area contributed by atoms with Gasteiger partial charge in [-0.15, -0.1) is 12.4 Å². The Bertz CT molecular complexity index is 621. The Morgan fingerprint density at radius 2 is 2.14 bits per heavy atom. The van der Waals surface area contributed by atoms with E-state index in [1.165, 1.54) is 16.7 Å². The standard InChI is InChI=1S/C13H12N2O3S2.ClH/c14-3-4-15-12(16)11(20-13(15)19)6-8-1-2-9-10(5-8)18-7-17-9;/h1-2,5-6H,3-4,7,14H2;1H/b11-6+;. The Morgan fingerprint density at radius 3 is 2.90 bits per heavy atom. The summed E-state index contributed by atoms with van der Waals surface area (Å²) in [6.45, 7) is 1.07. The zero-order valence-corrected chi connectivity index (χ0v) is 13.4. The van der Waals surface area contributed by atoms with E-state index in [9.17, 15) is 4.79 Å². The monoisotopic (exact) mass is 344 g/mol. The Morgan fingerprint density at radius 1 is 1.38 bits per heavy atom. The van der Waals surface area contributed by atoms with Crippen LogP contribution in [-0.4, -0.2) is 35.0 Å². The molecule has 0 aliphatic carbocycles. The van der Waals surface area contributed by atoms with Gasteiger partial charge in [-0.3, -0.25) is 9.69 Å². The number of carbonyl (C=O) groups excluding carboxylic acids is 1. The van der Waals surface area contributed by atoms with Crippen LogP contribution in [0.2, 0.25) is 0 Å². The number of carbonyl (C=O) groups is 1. The van der Waals surface area contributed by atoms with Crippen LogP contribution in [0.1, 0.15) is 5.56 Å². The van der Waals surface area contributed by atoms with Gasteiger partial charge in [0.15, 0.2) is 11.5 Å². The number of halogens is 1. The molecule has 5 nitrogen and oxygen atoms in total. The summed E-state index contributed by atoms with van der Waals surface area (Å²) in [4.78, 5) is 14.3. The van der Waals surface area contributed by atoms with Gasteiger partial charge >= 0.3 is 0 Å². The van der Waals surface area contributed by atoms with Crippen LogP contribution in [0.3, 0.4) is 0 Å². The van der Waals surface area contributed by atoms with Gasteiger partial charge in [-0.05, 0) is 23.8 Å². The van der Waals surface area contributed by atoms with Crippen molar-refractivity contribution in [2.45, 2.75) is 0 Å². The third-order valence-electron chi connectivity index (χ3n) is 2.92. The number of thioether (sulfide) groups is 1. The normalized spacial score (nSPS) is 18.3. The topological polar surface area (TPSA) is 64.8 Å². The van der Waals surface area contributed by atoms with Crippen molar-refractivity contribution >= 4 is 52.7 Å². The number of ether oxygens (including phenoxy) is 2. The number of amides is 1. The summed E-state index contributed by atoms with van der Waals surface area (Å²) in [5, 5.41) is 0. The lowest BCUT2D eigenvalue weighted by Gasteiger charge is -2.11. The van der Waals surface area contributed by atoms with E-state index in [1.807, 2.05) is 18.2 Å². The molecule has 2 aliphatic rings. The molecule has 1 saturated heterocycles. The van der Waals surface area contributed by atoms with Crippen LogP contribution in [0, 0.1) is 0 Å². The van der Waals surface area contributed by atoms with Gasteiger partial charge in [-0.1, -0.05) is 30.0 Å². The van der Waals surface area contributed by atoms with Crippen molar-refractivity contribution in [3.8, 4) is 11.5 Å². The second-order valence-corrected chi connectivity index (χ2v) is 5.91. The quantitative estimate of drug-likeness (QED) is 0.668. The van der Waals surface area contributed by atoms with Crippen molar-refractivity contribution in [1.29, 1.82) is 0 Å². The molecule has 0 spiro atoms. The number of thiocarbonyl (C=S) groups is 1. The largest absolute Gasteiger partial charge is 0.454 e. The first-order valence-electron chi connectivity index (χ1n) is 6.04. The van der Waals surface area contributed by atoms with E-state index in [1.54, 1.807) is 6.08 Å². The molecule has 0 unspecified atom stereocenters. The minimum atomic E-state index is -0.0943. The third-order valence-corrected chi connectivity index (χ3v) is 4.30. The highest BCUT2D eigenvalue weighted by Gasteiger charge is 2.31. The molecule has 2 heterocycles. The maximum absolute atomic E-state index is 12.2. The lowest BCUT2D eigenvalue weighted by molar-refractivity contribution is -0.122. The molecule has 1 aromatic carbocycles. The van der Waals surface area contributed by atoms with Crippen LogP contribution < -0.4 is 15.2 Å². The second kappa shape index (κ2) is 6.65. The van der Waals surface area contributed by atoms with Crippen molar-refractivity contribution < 1.29 is 14.3 Å². The number of hydrogen-bond donors (Lipinski definition) is 1. The molecule has 1 fully saturated rings. The zero-order valence-electron chi connectivity index (χ0n) is 10.9. The molecule has 1 amide bonds. The minimum Gasteiger partial charge on any atom is -0.454 e.